The fourth-order valence-corrected chi connectivity index (χ4v) is 2.16. The zero-order valence-electron chi connectivity index (χ0n) is 10.7. The number of aryl methyl sites for hydroxylation is 1. The van der Waals surface area contributed by atoms with Crippen LogP contribution in [-0.2, 0) is 0 Å². The molecule has 0 aliphatic rings. The van der Waals surface area contributed by atoms with Gasteiger partial charge in [0.2, 0.25) is 0 Å². The lowest BCUT2D eigenvalue weighted by Crippen LogP contribution is -1.92. The highest BCUT2D eigenvalue weighted by molar-refractivity contribution is 9.10. The largest absolute Gasteiger partial charge is 0.508 e. The van der Waals surface area contributed by atoms with Crippen molar-refractivity contribution in [1.29, 1.82) is 0 Å². The van der Waals surface area contributed by atoms with E-state index >= 15 is 0 Å². The quantitative estimate of drug-likeness (QED) is 0.741. The van der Waals surface area contributed by atoms with Gasteiger partial charge in [0.25, 0.3) is 0 Å². The molecule has 19 heavy (non-hydrogen) atoms. The smallest absolute Gasteiger partial charge is 0.161 e. The molecule has 0 aliphatic carbocycles. The van der Waals surface area contributed by atoms with Crippen molar-refractivity contribution >= 4 is 33.3 Å². The number of carbonyl (C=O) groups excluding carboxylic acids is 1. The third kappa shape index (κ3) is 5.45. The van der Waals surface area contributed by atoms with Crippen LogP contribution in [0.4, 0.5) is 0 Å². The number of aromatic hydroxyl groups is 1. The average Bonchev–Trinajstić information content (AvgIpc) is 2.32. The normalized spacial score (nSPS) is 9.47. The maximum atomic E-state index is 10.9. The molecule has 0 saturated heterocycles. The van der Waals surface area contributed by atoms with Gasteiger partial charge in [-0.2, -0.15) is 0 Å². The zero-order valence-corrected chi connectivity index (χ0v) is 13.0. The van der Waals surface area contributed by atoms with Crippen molar-refractivity contribution in [3.8, 4) is 5.75 Å². The van der Waals surface area contributed by atoms with E-state index < -0.39 is 0 Å². The van der Waals surface area contributed by atoms with Gasteiger partial charge < -0.3 is 5.11 Å². The molecule has 0 aliphatic heterocycles. The first-order valence-electron chi connectivity index (χ1n) is 5.62. The first-order valence-corrected chi connectivity index (χ1v) is 6.79. The van der Waals surface area contributed by atoms with Gasteiger partial charge in [-0.15, -0.1) is 0 Å². The lowest BCUT2D eigenvalue weighted by molar-refractivity contribution is 0.101. The number of rotatable bonds is 1. The summed E-state index contributed by atoms with van der Waals surface area (Å²) in [6.45, 7) is 3.48. The summed E-state index contributed by atoms with van der Waals surface area (Å²) in [5.74, 6) is 0.0474. The number of hydrogen-bond acceptors (Lipinski definition) is 2. The standard InChI is InChI=1S/C8H7BrO2.C7H7Cl/c1-5(10)7-4-6(11)2-3-8(7)9;1-6-3-2-4-7(8)5-6/h2-4,11H,1H3;2-5H,1H3. The minimum absolute atomic E-state index is 0.0622. The Morgan fingerprint density at radius 3 is 2.32 bits per heavy atom. The Kier molecular flexibility index (Phi) is 6.06. The van der Waals surface area contributed by atoms with Gasteiger partial charge in [0.05, 0.1) is 0 Å². The molecule has 0 aromatic heterocycles. The molecule has 0 saturated carbocycles. The maximum Gasteiger partial charge on any atom is 0.161 e. The number of ketones is 1. The summed E-state index contributed by atoms with van der Waals surface area (Å²) in [7, 11) is 0. The predicted octanol–water partition coefficient (Wildman–Crippen LogP) is 5.01. The molecular weight excluding hydrogens is 328 g/mol. The van der Waals surface area contributed by atoms with Gasteiger partial charge in [-0.05, 0) is 49.7 Å². The highest BCUT2D eigenvalue weighted by Crippen LogP contribution is 2.21. The lowest BCUT2D eigenvalue weighted by Gasteiger charge is -1.99. The molecule has 1 N–H and O–H groups in total. The molecule has 0 unspecified atom stereocenters. The van der Waals surface area contributed by atoms with Crippen molar-refractivity contribution < 1.29 is 9.90 Å². The van der Waals surface area contributed by atoms with E-state index in [1.807, 2.05) is 31.2 Å². The summed E-state index contributed by atoms with van der Waals surface area (Å²) in [6.07, 6.45) is 0. The summed E-state index contributed by atoms with van der Waals surface area (Å²) in [4.78, 5) is 10.9. The minimum atomic E-state index is -0.0622. The third-order valence-electron chi connectivity index (χ3n) is 2.31. The van der Waals surface area contributed by atoms with Gasteiger partial charge >= 0.3 is 0 Å². The van der Waals surface area contributed by atoms with Gasteiger partial charge in [0.15, 0.2) is 5.78 Å². The van der Waals surface area contributed by atoms with Crippen LogP contribution in [-0.4, -0.2) is 10.9 Å². The molecule has 0 heterocycles. The van der Waals surface area contributed by atoms with Gasteiger partial charge in [-0.3, -0.25) is 4.79 Å². The number of phenolic OH excluding ortho intramolecular Hbond substituents is 1. The van der Waals surface area contributed by atoms with Crippen molar-refractivity contribution in [1.82, 2.24) is 0 Å². The van der Waals surface area contributed by atoms with Crippen LogP contribution < -0.4 is 0 Å². The number of halogens is 2. The molecule has 0 amide bonds. The van der Waals surface area contributed by atoms with E-state index in [1.165, 1.54) is 24.6 Å². The van der Waals surface area contributed by atoms with Crippen molar-refractivity contribution in [3.05, 3.63) is 63.1 Å². The number of phenols is 1. The van der Waals surface area contributed by atoms with Crippen molar-refractivity contribution in [2.45, 2.75) is 13.8 Å². The van der Waals surface area contributed by atoms with Crippen molar-refractivity contribution in [3.63, 3.8) is 0 Å². The van der Waals surface area contributed by atoms with Gasteiger partial charge in [0, 0.05) is 15.1 Å². The highest BCUT2D eigenvalue weighted by atomic mass is 79.9. The summed E-state index contributed by atoms with van der Waals surface area (Å²) in [5.41, 5.74) is 1.71. The van der Waals surface area contributed by atoms with Crippen LogP contribution in [0.2, 0.25) is 5.02 Å². The SMILES string of the molecule is CC(=O)c1cc(O)ccc1Br.Cc1cccc(Cl)c1. The Bertz CT molecular complexity index is 565. The fraction of sp³-hybridized carbons (Fsp3) is 0.133. The van der Waals surface area contributed by atoms with E-state index in [1.54, 1.807) is 6.07 Å². The Labute approximate surface area is 126 Å². The van der Waals surface area contributed by atoms with Crippen LogP contribution in [0, 0.1) is 6.92 Å². The molecule has 4 heteroatoms. The number of carbonyl (C=O) groups is 1. The van der Waals surface area contributed by atoms with Gasteiger partial charge in [-0.1, -0.05) is 39.7 Å². The van der Waals surface area contributed by atoms with E-state index in [-0.39, 0.29) is 11.5 Å². The Hall–Kier alpha value is -1.32. The molecule has 100 valence electrons. The second-order valence-electron chi connectivity index (χ2n) is 4.02. The molecule has 0 atom stereocenters. The summed E-state index contributed by atoms with van der Waals surface area (Å²) >= 11 is 8.84. The van der Waals surface area contributed by atoms with Crippen LogP contribution >= 0.6 is 27.5 Å². The van der Waals surface area contributed by atoms with Crippen LogP contribution in [0.25, 0.3) is 0 Å². The van der Waals surface area contributed by atoms with Crippen LogP contribution in [0.5, 0.6) is 5.75 Å². The average molecular weight is 342 g/mol. The Morgan fingerprint density at radius 1 is 1.21 bits per heavy atom. The molecule has 2 nitrogen and oxygen atoms in total. The van der Waals surface area contributed by atoms with E-state index in [0.717, 1.165) is 5.02 Å². The van der Waals surface area contributed by atoms with E-state index in [2.05, 4.69) is 15.9 Å². The topological polar surface area (TPSA) is 37.3 Å². The molecule has 2 aromatic rings. The lowest BCUT2D eigenvalue weighted by atomic mass is 10.1. The second-order valence-corrected chi connectivity index (χ2v) is 5.31. The molecule has 2 aromatic carbocycles. The molecule has 2 rings (SSSR count). The fourth-order valence-electron chi connectivity index (χ4n) is 1.39. The van der Waals surface area contributed by atoms with E-state index in [0.29, 0.717) is 10.0 Å². The number of Topliss-reactive ketones (excluding diaryl/α,β-unsaturated/α-hetero) is 1. The second kappa shape index (κ2) is 7.31. The van der Waals surface area contributed by atoms with Gasteiger partial charge in [0.1, 0.15) is 5.75 Å². The molecule has 0 fully saturated rings. The van der Waals surface area contributed by atoms with E-state index in [9.17, 15) is 4.79 Å². The van der Waals surface area contributed by atoms with E-state index in [4.69, 9.17) is 16.7 Å². The Morgan fingerprint density at radius 2 is 1.89 bits per heavy atom. The van der Waals surface area contributed by atoms with Crippen molar-refractivity contribution in [2.24, 2.45) is 0 Å². The van der Waals surface area contributed by atoms with Crippen LogP contribution in [0.1, 0.15) is 22.8 Å². The Balaban J connectivity index is 0.000000200. The highest BCUT2D eigenvalue weighted by Gasteiger charge is 2.04. The molecule has 0 radical (unpaired) electrons. The minimum Gasteiger partial charge on any atom is -0.508 e. The maximum absolute atomic E-state index is 10.9. The first-order chi connectivity index (χ1) is 8.90. The predicted molar refractivity (Wildman–Crippen MR) is 82.0 cm³/mol. The number of hydrogen-bond donors (Lipinski definition) is 1. The van der Waals surface area contributed by atoms with Crippen molar-refractivity contribution in [2.75, 3.05) is 0 Å². The summed E-state index contributed by atoms with van der Waals surface area (Å²) < 4.78 is 0.711. The molecule has 0 spiro atoms. The summed E-state index contributed by atoms with van der Waals surface area (Å²) in [6, 6.07) is 12.4. The third-order valence-corrected chi connectivity index (χ3v) is 3.24. The molecular formula is C15H14BrClO2. The van der Waals surface area contributed by atoms with Crippen LogP contribution in [0.15, 0.2) is 46.9 Å². The van der Waals surface area contributed by atoms with Gasteiger partial charge in [-0.25, -0.2) is 0 Å². The molecule has 0 bridgehead atoms. The van der Waals surface area contributed by atoms with Crippen LogP contribution in [0.3, 0.4) is 0 Å². The summed E-state index contributed by atoms with van der Waals surface area (Å²) in [5, 5.41) is 9.82. The first kappa shape index (κ1) is 15.7. The monoisotopic (exact) mass is 340 g/mol. The zero-order chi connectivity index (χ0) is 14.4. The number of benzene rings is 2.